The second-order valence-electron chi connectivity index (χ2n) is 11.8. The minimum absolute atomic E-state index is 0.0167. The summed E-state index contributed by atoms with van der Waals surface area (Å²) in [5, 5.41) is 20.1. The van der Waals surface area contributed by atoms with E-state index in [9.17, 15) is 24.8 Å². The molecular formula is C27H38N2O7. The second-order valence-corrected chi connectivity index (χ2v) is 11.8. The molecule has 198 valence electrons. The first-order chi connectivity index (χ1) is 17.0. The number of fused-ring (bicyclic) bond motifs is 2. The predicted octanol–water partition coefficient (Wildman–Crippen LogP) is 4.95. The van der Waals surface area contributed by atoms with Gasteiger partial charge in [0.05, 0.1) is 16.6 Å². The molecule has 4 aliphatic rings. The summed E-state index contributed by atoms with van der Waals surface area (Å²) in [5.41, 5.74) is -0.0569. The standard InChI is InChI=1S/C15H17NO4.C12H21NO3/c17-15(10-4-6-13(7-5-10)16(18)19)20-14-8-11-2-1-3-12(11)9-14;1-12(2,3)16-11(15)13-6-8-4-10(14)5-9(8)7-13/h4-7,11-12,14H,1-3,8-9H2;8-10,14H,4-7H2,1-3H3/t11-,12+,14?;8-,9+,10?. The molecule has 5 rings (SSSR count). The van der Waals surface area contributed by atoms with E-state index in [1.54, 1.807) is 4.90 Å². The molecule has 3 saturated carbocycles. The van der Waals surface area contributed by atoms with Crippen molar-refractivity contribution in [3.8, 4) is 0 Å². The molecule has 1 aromatic rings. The number of carbonyl (C=O) groups is 2. The third kappa shape index (κ3) is 6.55. The van der Waals surface area contributed by atoms with Crippen LogP contribution in [0.2, 0.25) is 0 Å². The van der Waals surface area contributed by atoms with Crippen LogP contribution in [0.15, 0.2) is 24.3 Å². The van der Waals surface area contributed by atoms with Gasteiger partial charge < -0.3 is 19.5 Å². The zero-order valence-electron chi connectivity index (χ0n) is 21.4. The lowest BCUT2D eigenvalue weighted by atomic mass is 10.0. The highest BCUT2D eigenvalue weighted by molar-refractivity contribution is 5.89. The number of carbonyl (C=O) groups excluding carboxylic acids is 2. The first-order valence-corrected chi connectivity index (χ1v) is 13.1. The summed E-state index contributed by atoms with van der Waals surface area (Å²) in [5.74, 6) is 2.03. The Morgan fingerprint density at radius 3 is 2.03 bits per heavy atom. The third-order valence-corrected chi connectivity index (χ3v) is 7.91. The Hall–Kier alpha value is -2.68. The Kier molecular flexibility index (Phi) is 7.87. The fourth-order valence-electron chi connectivity index (χ4n) is 6.28. The van der Waals surface area contributed by atoms with Crippen LogP contribution < -0.4 is 0 Å². The molecule has 1 saturated heterocycles. The van der Waals surface area contributed by atoms with Crippen molar-refractivity contribution in [3.05, 3.63) is 39.9 Å². The number of non-ortho nitro benzene ring substituents is 1. The summed E-state index contributed by atoms with van der Waals surface area (Å²) in [7, 11) is 0. The smallest absolute Gasteiger partial charge is 0.410 e. The molecule has 9 nitrogen and oxygen atoms in total. The minimum Gasteiger partial charge on any atom is -0.459 e. The lowest BCUT2D eigenvalue weighted by Gasteiger charge is -2.25. The lowest BCUT2D eigenvalue weighted by Crippen LogP contribution is -2.36. The van der Waals surface area contributed by atoms with Gasteiger partial charge in [-0.1, -0.05) is 19.3 Å². The fraction of sp³-hybridized carbons (Fsp3) is 0.704. The number of hydrogen-bond donors (Lipinski definition) is 1. The molecule has 3 aliphatic carbocycles. The molecule has 0 spiro atoms. The number of nitro benzene ring substituents is 1. The number of benzene rings is 1. The van der Waals surface area contributed by atoms with Crippen molar-refractivity contribution in [2.45, 2.75) is 83.5 Å². The molecule has 2 unspecified atom stereocenters. The van der Waals surface area contributed by atoms with Gasteiger partial charge in [0.2, 0.25) is 0 Å². The molecular weight excluding hydrogens is 464 g/mol. The Balaban J connectivity index is 0.000000174. The van der Waals surface area contributed by atoms with Crippen LogP contribution in [0, 0.1) is 33.8 Å². The average Bonchev–Trinajstić information content (AvgIpc) is 3.53. The monoisotopic (exact) mass is 502 g/mol. The van der Waals surface area contributed by atoms with E-state index in [4.69, 9.17) is 9.47 Å². The first-order valence-electron chi connectivity index (χ1n) is 13.1. The average molecular weight is 503 g/mol. The fourth-order valence-corrected chi connectivity index (χ4v) is 6.28. The molecule has 4 fully saturated rings. The van der Waals surface area contributed by atoms with E-state index in [1.807, 2.05) is 20.8 Å². The number of ether oxygens (including phenoxy) is 2. The quantitative estimate of drug-likeness (QED) is 0.353. The van der Waals surface area contributed by atoms with E-state index in [-0.39, 0.29) is 30.0 Å². The summed E-state index contributed by atoms with van der Waals surface area (Å²) in [6, 6.07) is 5.58. The molecule has 1 heterocycles. The molecule has 1 aromatic carbocycles. The van der Waals surface area contributed by atoms with Gasteiger partial charge in [-0.2, -0.15) is 0 Å². The SMILES string of the molecule is CC(C)(C)OC(=O)N1C[C@H]2CC(O)C[C@H]2C1.O=C(OC1C[C@H]2CCC[C@H]2C1)c1ccc([N+](=O)[O-])cc1. The number of likely N-dealkylation sites (tertiary alicyclic amines) is 1. The number of esters is 1. The number of aliphatic hydroxyl groups is 1. The highest BCUT2D eigenvalue weighted by Crippen LogP contribution is 2.45. The molecule has 0 radical (unpaired) electrons. The van der Waals surface area contributed by atoms with Crippen molar-refractivity contribution in [1.82, 2.24) is 4.90 Å². The van der Waals surface area contributed by atoms with E-state index in [0.717, 1.165) is 50.6 Å². The largest absolute Gasteiger partial charge is 0.459 e. The van der Waals surface area contributed by atoms with Crippen molar-refractivity contribution < 1.29 is 29.1 Å². The normalized spacial score (nSPS) is 30.7. The van der Waals surface area contributed by atoms with Gasteiger partial charge in [-0.25, -0.2) is 9.59 Å². The molecule has 36 heavy (non-hydrogen) atoms. The first kappa shape index (κ1) is 26.4. The Bertz CT molecular complexity index is 932. The van der Waals surface area contributed by atoms with Gasteiger partial charge >= 0.3 is 12.1 Å². The number of aliphatic hydroxyl groups excluding tert-OH is 1. The Morgan fingerprint density at radius 2 is 1.53 bits per heavy atom. The van der Waals surface area contributed by atoms with Gasteiger partial charge in [-0.3, -0.25) is 10.1 Å². The van der Waals surface area contributed by atoms with Crippen LogP contribution in [-0.2, 0) is 9.47 Å². The van der Waals surface area contributed by atoms with Crippen LogP contribution in [0.1, 0.15) is 76.1 Å². The van der Waals surface area contributed by atoms with E-state index < -0.39 is 10.5 Å². The summed E-state index contributed by atoms with van der Waals surface area (Å²) in [4.78, 5) is 35.7. The number of nitrogens with zero attached hydrogens (tertiary/aromatic N) is 2. The second kappa shape index (κ2) is 10.7. The van der Waals surface area contributed by atoms with E-state index >= 15 is 0 Å². The maximum absolute atomic E-state index is 12.0. The topological polar surface area (TPSA) is 119 Å². The van der Waals surface area contributed by atoms with Gasteiger partial charge in [0.25, 0.3) is 5.69 Å². The third-order valence-electron chi connectivity index (χ3n) is 7.91. The molecule has 0 bridgehead atoms. The number of amides is 1. The maximum Gasteiger partial charge on any atom is 0.410 e. The molecule has 0 aromatic heterocycles. The lowest BCUT2D eigenvalue weighted by molar-refractivity contribution is -0.384. The van der Waals surface area contributed by atoms with Crippen LogP contribution in [0.25, 0.3) is 0 Å². The van der Waals surface area contributed by atoms with Crippen LogP contribution in [-0.4, -0.2) is 57.9 Å². The zero-order chi connectivity index (χ0) is 26.0. The molecule has 9 heteroatoms. The van der Waals surface area contributed by atoms with Crippen molar-refractivity contribution in [1.29, 1.82) is 0 Å². The Labute approximate surface area is 212 Å². The van der Waals surface area contributed by atoms with E-state index in [2.05, 4.69) is 0 Å². The van der Waals surface area contributed by atoms with Crippen LogP contribution in [0.5, 0.6) is 0 Å². The van der Waals surface area contributed by atoms with Crippen LogP contribution >= 0.6 is 0 Å². The van der Waals surface area contributed by atoms with Crippen molar-refractivity contribution in [3.63, 3.8) is 0 Å². The molecule has 1 amide bonds. The van der Waals surface area contributed by atoms with Gasteiger partial charge in [0.1, 0.15) is 11.7 Å². The molecule has 1 aliphatic heterocycles. The number of nitro groups is 1. The highest BCUT2D eigenvalue weighted by atomic mass is 16.6. The summed E-state index contributed by atoms with van der Waals surface area (Å²) in [6.07, 6.45) is 7.10. The summed E-state index contributed by atoms with van der Waals surface area (Å²) < 4.78 is 10.9. The zero-order valence-corrected chi connectivity index (χ0v) is 21.4. The molecule has 1 N–H and O–H groups in total. The molecule has 6 atom stereocenters. The van der Waals surface area contributed by atoms with Crippen molar-refractivity contribution in [2.75, 3.05) is 13.1 Å². The summed E-state index contributed by atoms with van der Waals surface area (Å²) in [6.45, 7) is 7.13. The summed E-state index contributed by atoms with van der Waals surface area (Å²) >= 11 is 0. The highest BCUT2D eigenvalue weighted by Gasteiger charge is 2.43. The van der Waals surface area contributed by atoms with Crippen LogP contribution in [0.4, 0.5) is 10.5 Å². The van der Waals surface area contributed by atoms with E-state index in [1.165, 1.54) is 43.5 Å². The Morgan fingerprint density at radius 1 is 0.972 bits per heavy atom. The predicted molar refractivity (Wildman–Crippen MR) is 132 cm³/mol. The van der Waals surface area contributed by atoms with Crippen LogP contribution in [0.3, 0.4) is 0 Å². The van der Waals surface area contributed by atoms with Gasteiger partial charge in [-0.05, 0) is 82.3 Å². The minimum atomic E-state index is -0.479. The van der Waals surface area contributed by atoms with Gasteiger partial charge in [0, 0.05) is 25.2 Å². The maximum atomic E-state index is 12.0. The number of hydrogen-bond acceptors (Lipinski definition) is 7. The van der Waals surface area contributed by atoms with Crippen molar-refractivity contribution in [2.24, 2.45) is 23.7 Å². The van der Waals surface area contributed by atoms with Gasteiger partial charge in [0.15, 0.2) is 0 Å². The number of rotatable bonds is 3. The van der Waals surface area contributed by atoms with E-state index in [0.29, 0.717) is 17.4 Å². The van der Waals surface area contributed by atoms with Gasteiger partial charge in [-0.15, -0.1) is 0 Å². The van der Waals surface area contributed by atoms with Crippen molar-refractivity contribution >= 4 is 17.7 Å².